The van der Waals surface area contributed by atoms with Gasteiger partial charge in [0.1, 0.15) is 0 Å². The molecular weight excluding hydrogens is 140 g/mol. The van der Waals surface area contributed by atoms with Gasteiger partial charge in [0, 0.05) is 0 Å². The van der Waals surface area contributed by atoms with Crippen LogP contribution in [-0.2, 0) is 4.74 Å². The van der Waals surface area contributed by atoms with Gasteiger partial charge in [0.25, 0.3) is 0 Å². The maximum absolute atomic E-state index is 5.01. The molecule has 0 radical (unpaired) electrons. The van der Waals surface area contributed by atoms with E-state index in [9.17, 15) is 0 Å². The number of rotatable bonds is 0. The fourth-order valence-electron chi connectivity index (χ4n) is 0.863. The van der Waals surface area contributed by atoms with Gasteiger partial charge in [-0.2, -0.15) is 0 Å². The smallest absolute Gasteiger partial charge is 0.234 e. The van der Waals surface area contributed by atoms with E-state index in [1.54, 1.807) is 7.11 Å². The Bertz CT molecular complexity index is 238. The number of allylic oxidation sites excluding steroid dienone is 1. The van der Waals surface area contributed by atoms with E-state index in [0.29, 0.717) is 12.4 Å². The highest BCUT2D eigenvalue weighted by atomic mass is 16.5. The van der Waals surface area contributed by atoms with Crippen LogP contribution in [0.25, 0.3) is 0 Å². The second-order valence-corrected chi connectivity index (χ2v) is 2.30. The first-order valence-corrected chi connectivity index (χ1v) is 3.57. The Labute approximate surface area is 66.5 Å². The summed E-state index contributed by atoms with van der Waals surface area (Å²) in [7, 11) is 1.61. The topological polar surface area (TPSA) is 34.0 Å². The average molecular weight is 152 g/mol. The SMILES string of the molecule is C/C=C1\CN=C(C)C(OC)=N1. The Hall–Kier alpha value is -1.12. The van der Waals surface area contributed by atoms with Gasteiger partial charge in [-0.25, -0.2) is 4.99 Å². The normalized spacial score (nSPS) is 21.2. The third kappa shape index (κ3) is 1.67. The number of nitrogens with zero attached hydrogens (tertiary/aromatic N) is 2. The summed E-state index contributed by atoms with van der Waals surface area (Å²) in [6, 6.07) is 0. The third-order valence-corrected chi connectivity index (χ3v) is 1.56. The molecule has 0 unspecified atom stereocenters. The van der Waals surface area contributed by atoms with E-state index in [-0.39, 0.29) is 0 Å². The zero-order valence-electron chi connectivity index (χ0n) is 7.09. The van der Waals surface area contributed by atoms with Crippen LogP contribution in [-0.4, -0.2) is 25.3 Å². The van der Waals surface area contributed by atoms with Crippen molar-refractivity contribution in [2.24, 2.45) is 9.98 Å². The van der Waals surface area contributed by atoms with E-state index >= 15 is 0 Å². The van der Waals surface area contributed by atoms with Crippen LogP contribution in [0, 0.1) is 0 Å². The summed E-state index contributed by atoms with van der Waals surface area (Å²) >= 11 is 0. The highest BCUT2D eigenvalue weighted by Crippen LogP contribution is 2.05. The maximum atomic E-state index is 5.01. The molecule has 0 spiro atoms. The van der Waals surface area contributed by atoms with Gasteiger partial charge in [0.2, 0.25) is 5.90 Å². The molecule has 3 heteroatoms. The first-order chi connectivity index (χ1) is 5.27. The van der Waals surface area contributed by atoms with Gasteiger partial charge < -0.3 is 4.74 Å². The number of methoxy groups -OCH3 is 1. The minimum atomic E-state index is 0.629. The lowest BCUT2D eigenvalue weighted by Crippen LogP contribution is -2.17. The molecule has 0 atom stereocenters. The Kier molecular flexibility index (Phi) is 2.41. The van der Waals surface area contributed by atoms with Crippen LogP contribution in [0.3, 0.4) is 0 Å². The van der Waals surface area contributed by atoms with E-state index in [4.69, 9.17) is 4.74 Å². The van der Waals surface area contributed by atoms with Crippen LogP contribution in [0.2, 0.25) is 0 Å². The highest BCUT2D eigenvalue weighted by molar-refractivity contribution is 6.38. The third-order valence-electron chi connectivity index (χ3n) is 1.56. The summed E-state index contributed by atoms with van der Waals surface area (Å²) in [5.74, 6) is 0.629. The van der Waals surface area contributed by atoms with Crippen LogP contribution in [0.4, 0.5) is 0 Å². The summed E-state index contributed by atoms with van der Waals surface area (Å²) in [6.45, 7) is 4.52. The zero-order chi connectivity index (χ0) is 8.27. The van der Waals surface area contributed by atoms with Crippen molar-refractivity contribution in [2.75, 3.05) is 13.7 Å². The number of hydrogen-bond donors (Lipinski definition) is 0. The molecule has 0 saturated carbocycles. The lowest BCUT2D eigenvalue weighted by molar-refractivity contribution is 0.409. The predicted octanol–water partition coefficient (Wildman–Crippen LogP) is 1.41. The van der Waals surface area contributed by atoms with E-state index in [0.717, 1.165) is 11.4 Å². The Morgan fingerprint density at radius 3 is 2.82 bits per heavy atom. The molecule has 0 saturated heterocycles. The molecule has 0 aromatic carbocycles. The molecule has 1 rings (SSSR count). The number of aliphatic imine (C=N–C) groups is 2. The van der Waals surface area contributed by atoms with E-state index in [2.05, 4.69) is 9.98 Å². The first-order valence-electron chi connectivity index (χ1n) is 3.57. The molecule has 11 heavy (non-hydrogen) atoms. The van der Waals surface area contributed by atoms with E-state index in [1.807, 2.05) is 19.9 Å². The summed E-state index contributed by atoms with van der Waals surface area (Å²) in [4.78, 5) is 8.45. The molecule has 0 aliphatic carbocycles. The number of ether oxygens (including phenoxy) is 1. The first kappa shape index (κ1) is 7.98. The summed E-state index contributed by atoms with van der Waals surface area (Å²) in [5.41, 5.74) is 1.84. The maximum Gasteiger partial charge on any atom is 0.234 e. The molecule has 0 fully saturated rings. The Balaban J connectivity index is 2.86. The van der Waals surface area contributed by atoms with Gasteiger partial charge in [0.15, 0.2) is 0 Å². The van der Waals surface area contributed by atoms with Crippen LogP contribution < -0.4 is 0 Å². The molecule has 1 aliphatic heterocycles. The quantitative estimate of drug-likeness (QED) is 0.516. The van der Waals surface area contributed by atoms with Gasteiger partial charge in [-0.05, 0) is 13.8 Å². The van der Waals surface area contributed by atoms with E-state index in [1.165, 1.54) is 0 Å². The van der Waals surface area contributed by atoms with Crippen LogP contribution >= 0.6 is 0 Å². The second kappa shape index (κ2) is 3.32. The van der Waals surface area contributed by atoms with Gasteiger partial charge in [0.05, 0.1) is 25.1 Å². The van der Waals surface area contributed by atoms with Crippen molar-refractivity contribution in [3.05, 3.63) is 11.8 Å². The molecule has 3 nitrogen and oxygen atoms in total. The minimum absolute atomic E-state index is 0.629. The predicted molar refractivity (Wildman–Crippen MR) is 46.2 cm³/mol. The van der Waals surface area contributed by atoms with Crippen LogP contribution in [0.1, 0.15) is 13.8 Å². The van der Waals surface area contributed by atoms with E-state index < -0.39 is 0 Å². The fraction of sp³-hybridized carbons (Fsp3) is 0.500. The molecular formula is C8H12N2O. The summed E-state index contributed by atoms with van der Waals surface area (Å²) in [5, 5.41) is 0. The minimum Gasteiger partial charge on any atom is -0.480 e. The lowest BCUT2D eigenvalue weighted by atomic mass is 10.3. The number of hydrogen-bond acceptors (Lipinski definition) is 3. The van der Waals surface area contributed by atoms with Crippen molar-refractivity contribution in [1.82, 2.24) is 0 Å². The Morgan fingerprint density at radius 2 is 2.27 bits per heavy atom. The molecule has 0 aromatic heterocycles. The monoisotopic (exact) mass is 152 g/mol. The molecule has 0 aromatic rings. The molecule has 1 heterocycles. The standard InChI is InChI=1S/C8H12N2O/c1-4-7-5-9-6(2)8(10-7)11-3/h4H,5H2,1-3H3/b7-4+. The van der Waals surface area contributed by atoms with Gasteiger partial charge >= 0.3 is 0 Å². The summed E-state index contributed by atoms with van der Waals surface area (Å²) < 4.78 is 5.01. The Morgan fingerprint density at radius 1 is 1.55 bits per heavy atom. The van der Waals surface area contributed by atoms with Crippen molar-refractivity contribution in [2.45, 2.75) is 13.8 Å². The second-order valence-electron chi connectivity index (χ2n) is 2.30. The van der Waals surface area contributed by atoms with Crippen molar-refractivity contribution in [3.8, 4) is 0 Å². The zero-order valence-corrected chi connectivity index (χ0v) is 7.09. The van der Waals surface area contributed by atoms with Crippen LogP contribution in [0.5, 0.6) is 0 Å². The average Bonchev–Trinajstić information content (AvgIpc) is 2.05. The molecule has 0 amide bonds. The molecule has 60 valence electrons. The van der Waals surface area contributed by atoms with Crippen molar-refractivity contribution >= 4 is 11.6 Å². The van der Waals surface area contributed by atoms with Crippen molar-refractivity contribution < 1.29 is 4.74 Å². The van der Waals surface area contributed by atoms with Gasteiger partial charge in [-0.1, -0.05) is 6.08 Å². The van der Waals surface area contributed by atoms with Gasteiger partial charge in [-0.3, -0.25) is 4.99 Å². The van der Waals surface area contributed by atoms with Crippen molar-refractivity contribution in [3.63, 3.8) is 0 Å². The van der Waals surface area contributed by atoms with Crippen LogP contribution in [0.15, 0.2) is 21.8 Å². The largest absolute Gasteiger partial charge is 0.480 e. The fourth-order valence-corrected chi connectivity index (χ4v) is 0.863. The summed E-state index contributed by atoms with van der Waals surface area (Å²) in [6.07, 6.45) is 1.94. The van der Waals surface area contributed by atoms with Gasteiger partial charge in [-0.15, -0.1) is 0 Å². The highest BCUT2D eigenvalue weighted by Gasteiger charge is 2.09. The van der Waals surface area contributed by atoms with Crippen molar-refractivity contribution in [1.29, 1.82) is 0 Å². The molecule has 0 bridgehead atoms. The lowest BCUT2D eigenvalue weighted by Gasteiger charge is -2.10. The molecule has 1 aliphatic rings. The molecule has 0 N–H and O–H groups in total.